The third-order valence-corrected chi connectivity index (χ3v) is 4.92. The Hall–Kier alpha value is -2.14. The van der Waals surface area contributed by atoms with E-state index in [9.17, 15) is 13.6 Å². The molecule has 6 heteroatoms. The van der Waals surface area contributed by atoms with Gasteiger partial charge in [0.15, 0.2) is 0 Å². The first kappa shape index (κ1) is 17.7. The minimum absolute atomic E-state index is 0.0759. The Kier molecular flexibility index (Phi) is 5.23. The Morgan fingerprint density at radius 2 is 1.84 bits per heavy atom. The zero-order valence-electron chi connectivity index (χ0n) is 13.5. The van der Waals surface area contributed by atoms with Gasteiger partial charge in [-0.3, -0.25) is 4.79 Å². The third kappa shape index (κ3) is 3.76. The quantitative estimate of drug-likeness (QED) is 0.807. The average Bonchev–Trinajstić information content (AvgIpc) is 2.54. The van der Waals surface area contributed by atoms with E-state index < -0.39 is 12.0 Å². The Morgan fingerprint density at radius 3 is 2.44 bits per heavy atom. The lowest BCUT2D eigenvalue weighted by Crippen LogP contribution is -2.49. The van der Waals surface area contributed by atoms with Gasteiger partial charge in [0.25, 0.3) is 0 Å². The van der Waals surface area contributed by atoms with Crippen LogP contribution in [0.15, 0.2) is 48.5 Å². The number of hydrogen-bond donors (Lipinski definition) is 1. The first-order chi connectivity index (χ1) is 12.0. The molecular weight excluding hydrogens is 348 g/mol. The number of ether oxygens (including phenoxy) is 1. The summed E-state index contributed by atoms with van der Waals surface area (Å²) < 4.78 is 29.5. The number of halogens is 3. The molecule has 2 aromatic rings. The summed E-state index contributed by atoms with van der Waals surface area (Å²) in [7, 11) is 0. The molecule has 3 rings (SSSR count). The number of nitrogens with one attached hydrogen (secondary N) is 1. The van der Waals surface area contributed by atoms with E-state index in [0.717, 1.165) is 24.8 Å². The molecule has 1 amide bonds. The van der Waals surface area contributed by atoms with Crippen molar-refractivity contribution in [3.8, 4) is 5.75 Å². The highest BCUT2D eigenvalue weighted by atomic mass is 35.5. The van der Waals surface area contributed by atoms with Gasteiger partial charge in [0, 0.05) is 17.1 Å². The highest BCUT2D eigenvalue weighted by molar-refractivity contribution is 6.30. The van der Waals surface area contributed by atoms with E-state index in [-0.39, 0.29) is 18.2 Å². The number of rotatable bonds is 6. The molecule has 1 aliphatic rings. The van der Waals surface area contributed by atoms with Crippen molar-refractivity contribution < 1.29 is 18.3 Å². The molecular formula is C19H18ClF2NO2. The number of alkyl halides is 2. The molecule has 0 radical (unpaired) electrons. The Labute approximate surface area is 149 Å². The highest BCUT2D eigenvalue weighted by Gasteiger charge is 2.45. The predicted molar refractivity (Wildman–Crippen MR) is 91.9 cm³/mol. The molecule has 1 N–H and O–H groups in total. The van der Waals surface area contributed by atoms with E-state index in [1.165, 1.54) is 6.07 Å². The van der Waals surface area contributed by atoms with Crippen molar-refractivity contribution in [2.45, 2.75) is 37.8 Å². The minimum Gasteiger partial charge on any atom is -0.434 e. The van der Waals surface area contributed by atoms with Crippen molar-refractivity contribution in [1.29, 1.82) is 0 Å². The summed E-state index contributed by atoms with van der Waals surface area (Å²) in [6.45, 7) is -2.76. The van der Waals surface area contributed by atoms with Crippen LogP contribution in [0.2, 0.25) is 5.02 Å². The summed E-state index contributed by atoms with van der Waals surface area (Å²) in [6.07, 6.45) is 2.49. The molecule has 0 aromatic heterocycles. The maximum Gasteiger partial charge on any atom is 0.387 e. The van der Waals surface area contributed by atoms with E-state index in [4.69, 9.17) is 11.6 Å². The molecule has 1 aliphatic carbocycles. The molecule has 0 bridgehead atoms. The zero-order valence-corrected chi connectivity index (χ0v) is 14.2. The lowest BCUT2D eigenvalue weighted by atomic mass is 9.64. The van der Waals surface area contributed by atoms with Crippen LogP contribution < -0.4 is 10.1 Å². The number of hydrogen-bond acceptors (Lipinski definition) is 2. The summed E-state index contributed by atoms with van der Waals surface area (Å²) in [6, 6.07) is 13.7. The van der Waals surface area contributed by atoms with Crippen molar-refractivity contribution in [3.63, 3.8) is 0 Å². The fraction of sp³-hybridized carbons (Fsp3) is 0.316. The van der Waals surface area contributed by atoms with Crippen LogP contribution in [0.4, 0.5) is 8.78 Å². The summed E-state index contributed by atoms with van der Waals surface area (Å²) in [5, 5.41) is 3.49. The third-order valence-electron chi connectivity index (χ3n) is 4.67. The van der Waals surface area contributed by atoms with Gasteiger partial charge >= 0.3 is 6.61 Å². The number of benzene rings is 2. The van der Waals surface area contributed by atoms with Gasteiger partial charge < -0.3 is 10.1 Å². The maximum atomic E-state index is 12.8. The molecule has 1 fully saturated rings. The minimum atomic E-state index is -2.90. The van der Waals surface area contributed by atoms with Crippen LogP contribution >= 0.6 is 11.6 Å². The molecule has 2 aromatic carbocycles. The number of amides is 1. The largest absolute Gasteiger partial charge is 0.434 e. The normalized spacial score (nSPS) is 15.5. The molecule has 0 saturated heterocycles. The monoisotopic (exact) mass is 365 g/mol. The average molecular weight is 366 g/mol. The second-order valence-corrected chi connectivity index (χ2v) is 6.55. The second-order valence-electron chi connectivity index (χ2n) is 6.11. The van der Waals surface area contributed by atoms with Gasteiger partial charge in [-0.2, -0.15) is 8.78 Å². The number of para-hydroxylation sites is 1. The summed E-state index contributed by atoms with van der Waals surface area (Å²) in [4.78, 5) is 12.8. The van der Waals surface area contributed by atoms with Crippen LogP contribution in [0.1, 0.15) is 30.4 Å². The van der Waals surface area contributed by atoms with Crippen molar-refractivity contribution in [1.82, 2.24) is 5.32 Å². The van der Waals surface area contributed by atoms with Gasteiger partial charge in [0.05, 0.1) is 5.41 Å². The molecule has 25 heavy (non-hydrogen) atoms. The van der Waals surface area contributed by atoms with Crippen molar-refractivity contribution >= 4 is 17.5 Å². The summed E-state index contributed by atoms with van der Waals surface area (Å²) in [5.41, 5.74) is 0.878. The van der Waals surface area contributed by atoms with Crippen molar-refractivity contribution in [2.75, 3.05) is 0 Å². The summed E-state index contributed by atoms with van der Waals surface area (Å²) in [5.74, 6) is -0.0279. The van der Waals surface area contributed by atoms with Crippen LogP contribution in [-0.4, -0.2) is 12.5 Å². The van der Waals surface area contributed by atoms with Crippen molar-refractivity contribution in [2.24, 2.45) is 0 Å². The van der Waals surface area contributed by atoms with E-state index in [1.807, 2.05) is 12.1 Å². The standard InChI is InChI=1S/C19H18ClF2NO2/c20-15-8-6-14(7-9-15)19(10-3-11-19)17(24)23-12-13-4-1-2-5-16(13)25-18(21)22/h1-2,4-9,18H,3,10-12H2,(H,23,24). The smallest absolute Gasteiger partial charge is 0.387 e. The van der Waals surface area contributed by atoms with Gasteiger partial charge in [-0.15, -0.1) is 0 Å². The van der Waals surface area contributed by atoms with E-state index in [2.05, 4.69) is 10.1 Å². The first-order valence-electron chi connectivity index (χ1n) is 8.08. The Bertz CT molecular complexity index is 745. The fourth-order valence-electron chi connectivity index (χ4n) is 3.15. The Balaban J connectivity index is 1.73. The first-order valence-corrected chi connectivity index (χ1v) is 8.46. The summed E-state index contributed by atoms with van der Waals surface area (Å²) >= 11 is 5.93. The van der Waals surface area contributed by atoms with Gasteiger partial charge in [0.2, 0.25) is 5.91 Å². The topological polar surface area (TPSA) is 38.3 Å². The van der Waals surface area contributed by atoms with E-state index >= 15 is 0 Å². The van der Waals surface area contributed by atoms with Gasteiger partial charge in [0.1, 0.15) is 5.75 Å². The number of carbonyl (C=O) groups excluding carboxylic acids is 1. The highest BCUT2D eigenvalue weighted by Crippen LogP contribution is 2.44. The van der Waals surface area contributed by atoms with Gasteiger partial charge in [-0.25, -0.2) is 0 Å². The molecule has 1 saturated carbocycles. The van der Waals surface area contributed by atoms with Crippen LogP contribution in [0, 0.1) is 0 Å². The second kappa shape index (κ2) is 7.40. The predicted octanol–water partition coefficient (Wildman–Crippen LogP) is 4.68. The molecule has 0 atom stereocenters. The van der Waals surface area contributed by atoms with Crippen LogP contribution in [-0.2, 0) is 16.8 Å². The molecule has 3 nitrogen and oxygen atoms in total. The number of carbonyl (C=O) groups is 1. The molecule has 0 heterocycles. The molecule has 132 valence electrons. The van der Waals surface area contributed by atoms with Crippen molar-refractivity contribution in [3.05, 3.63) is 64.7 Å². The maximum absolute atomic E-state index is 12.8. The van der Waals surface area contributed by atoms with Crippen LogP contribution in [0.3, 0.4) is 0 Å². The van der Waals surface area contributed by atoms with Crippen LogP contribution in [0.25, 0.3) is 0 Å². The zero-order chi connectivity index (χ0) is 17.9. The van der Waals surface area contributed by atoms with Gasteiger partial charge in [-0.1, -0.05) is 48.4 Å². The SMILES string of the molecule is O=C(NCc1ccccc1OC(F)F)C1(c2ccc(Cl)cc2)CCC1. The Morgan fingerprint density at radius 1 is 1.16 bits per heavy atom. The fourth-order valence-corrected chi connectivity index (χ4v) is 3.28. The molecule has 0 spiro atoms. The molecule has 0 unspecified atom stereocenters. The van der Waals surface area contributed by atoms with E-state index in [1.54, 1.807) is 30.3 Å². The van der Waals surface area contributed by atoms with Crippen LogP contribution in [0.5, 0.6) is 5.75 Å². The lowest BCUT2D eigenvalue weighted by molar-refractivity contribution is -0.130. The lowest BCUT2D eigenvalue weighted by Gasteiger charge is -2.40. The van der Waals surface area contributed by atoms with Gasteiger partial charge in [-0.05, 0) is 36.6 Å². The van der Waals surface area contributed by atoms with E-state index in [0.29, 0.717) is 10.6 Å². The molecule has 0 aliphatic heterocycles.